The van der Waals surface area contributed by atoms with Crippen molar-refractivity contribution in [2.24, 2.45) is 5.92 Å². The molecule has 0 radical (unpaired) electrons. The zero-order valence-electron chi connectivity index (χ0n) is 16.4. The van der Waals surface area contributed by atoms with Crippen LogP contribution in [0.5, 0.6) is 5.75 Å². The van der Waals surface area contributed by atoms with Gasteiger partial charge in [-0.1, -0.05) is 22.4 Å². The molecule has 4 aliphatic heterocycles. The third-order valence-corrected chi connectivity index (χ3v) is 6.92. The lowest BCUT2D eigenvalue weighted by atomic mass is 9.75. The Kier molecular flexibility index (Phi) is 4.34. The van der Waals surface area contributed by atoms with Crippen molar-refractivity contribution < 1.29 is 14.2 Å². The number of likely N-dealkylation sites (tertiary alicyclic amines) is 1. The number of amides is 1. The lowest BCUT2D eigenvalue weighted by molar-refractivity contribution is -0.135. The number of hydrogen-bond acceptors (Lipinski definition) is 6. The summed E-state index contributed by atoms with van der Waals surface area (Å²) in [5, 5.41) is 7.74. The largest absolute Gasteiger partial charge is 0.497 e. The molecule has 1 amide bonds. The molecule has 2 bridgehead atoms. The van der Waals surface area contributed by atoms with E-state index in [1.54, 1.807) is 7.11 Å². The maximum Gasteiger partial charge on any atom is 0.229 e. The van der Waals surface area contributed by atoms with Gasteiger partial charge in [0, 0.05) is 18.5 Å². The molecular weight excluding hydrogens is 356 g/mol. The molecular formula is C21H26N4O3. The highest BCUT2D eigenvalue weighted by atomic mass is 16.6. The highest BCUT2D eigenvalue weighted by Crippen LogP contribution is 2.46. The molecule has 0 saturated carbocycles. The van der Waals surface area contributed by atoms with Gasteiger partial charge in [0.2, 0.25) is 5.91 Å². The average Bonchev–Trinajstić information content (AvgIpc) is 3.34. The van der Waals surface area contributed by atoms with Gasteiger partial charge in [0.25, 0.3) is 0 Å². The van der Waals surface area contributed by atoms with E-state index in [9.17, 15) is 4.79 Å². The molecule has 148 valence electrons. The number of rotatable bonds is 4. The highest BCUT2D eigenvalue weighted by Gasteiger charge is 2.54. The number of hydrogen-bond donors (Lipinski definition) is 0. The molecule has 0 aliphatic carbocycles. The number of carbonyl (C=O) groups excluding carboxylic acids is 1. The number of ether oxygens (including phenoxy) is 1. The Morgan fingerprint density at radius 2 is 1.93 bits per heavy atom. The SMILES string of the molecule is COc1ccc([C@@H]2CN(C(=O)Cc3nonc3C)[C@@H]3C4CCN(CC4)[C@@H]32)cc1. The number of methoxy groups -OCH3 is 1. The van der Waals surface area contributed by atoms with Crippen molar-refractivity contribution in [1.29, 1.82) is 0 Å². The van der Waals surface area contributed by atoms with E-state index in [1.807, 2.05) is 19.1 Å². The third kappa shape index (κ3) is 2.80. The van der Waals surface area contributed by atoms with Crippen LogP contribution in [-0.4, -0.2) is 64.8 Å². The molecule has 0 spiro atoms. The van der Waals surface area contributed by atoms with Crippen LogP contribution in [0.25, 0.3) is 0 Å². The van der Waals surface area contributed by atoms with Crippen molar-refractivity contribution in [1.82, 2.24) is 20.1 Å². The zero-order chi connectivity index (χ0) is 19.3. The minimum Gasteiger partial charge on any atom is -0.497 e. The predicted molar refractivity (Wildman–Crippen MR) is 102 cm³/mol. The molecule has 7 nitrogen and oxygen atoms in total. The molecule has 1 aromatic carbocycles. The number of fused-ring (bicyclic) bond motifs is 2. The van der Waals surface area contributed by atoms with E-state index in [0.29, 0.717) is 35.3 Å². The Hall–Kier alpha value is -2.41. The number of benzene rings is 1. The van der Waals surface area contributed by atoms with Crippen LogP contribution >= 0.6 is 0 Å². The predicted octanol–water partition coefficient (Wildman–Crippen LogP) is 2.02. The normalized spacial score (nSPS) is 31.1. The highest BCUT2D eigenvalue weighted by molar-refractivity contribution is 5.79. The van der Waals surface area contributed by atoms with Gasteiger partial charge in [-0.15, -0.1) is 0 Å². The second-order valence-corrected chi connectivity index (χ2v) is 8.25. The minimum atomic E-state index is 0.138. The minimum absolute atomic E-state index is 0.138. The second kappa shape index (κ2) is 6.88. The molecule has 5 heterocycles. The molecule has 3 atom stereocenters. The first-order valence-electron chi connectivity index (χ1n) is 10.1. The van der Waals surface area contributed by atoms with E-state index < -0.39 is 0 Å². The number of nitrogens with zero attached hydrogens (tertiary/aromatic N) is 4. The molecule has 6 rings (SSSR count). The third-order valence-electron chi connectivity index (χ3n) is 6.92. The zero-order valence-corrected chi connectivity index (χ0v) is 16.4. The Balaban J connectivity index is 1.45. The van der Waals surface area contributed by atoms with Gasteiger partial charge in [-0.05, 0) is 56.5 Å². The Morgan fingerprint density at radius 3 is 2.57 bits per heavy atom. The van der Waals surface area contributed by atoms with Crippen LogP contribution in [0.3, 0.4) is 0 Å². The number of piperidine rings is 3. The molecule has 2 aromatic rings. The first-order valence-corrected chi connectivity index (χ1v) is 10.1. The van der Waals surface area contributed by atoms with Crippen molar-refractivity contribution in [3.8, 4) is 5.75 Å². The number of carbonyl (C=O) groups is 1. The fraction of sp³-hybridized carbons (Fsp3) is 0.571. The molecule has 28 heavy (non-hydrogen) atoms. The second-order valence-electron chi connectivity index (χ2n) is 8.25. The summed E-state index contributed by atoms with van der Waals surface area (Å²) in [6.45, 7) is 4.89. The average molecular weight is 382 g/mol. The monoisotopic (exact) mass is 382 g/mol. The van der Waals surface area contributed by atoms with Gasteiger partial charge in [0.15, 0.2) is 0 Å². The van der Waals surface area contributed by atoms with Crippen LogP contribution in [0.15, 0.2) is 28.9 Å². The van der Waals surface area contributed by atoms with E-state index in [1.165, 1.54) is 18.4 Å². The van der Waals surface area contributed by atoms with Crippen LogP contribution in [0.2, 0.25) is 0 Å². The van der Waals surface area contributed by atoms with Crippen LogP contribution in [0.4, 0.5) is 0 Å². The maximum atomic E-state index is 13.3. The Morgan fingerprint density at radius 1 is 1.18 bits per heavy atom. The van der Waals surface area contributed by atoms with Crippen molar-refractivity contribution >= 4 is 5.91 Å². The van der Waals surface area contributed by atoms with E-state index in [0.717, 1.165) is 25.4 Å². The summed E-state index contributed by atoms with van der Waals surface area (Å²) in [5.74, 6) is 1.93. The first-order chi connectivity index (χ1) is 13.7. The van der Waals surface area contributed by atoms with Crippen molar-refractivity contribution in [2.75, 3.05) is 26.7 Å². The van der Waals surface area contributed by atoms with Crippen molar-refractivity contribution in [3.05, 3.63) is 41.2 Å². The lowest BCUT2D eigenvalue weighted by Crippen LogP contribution is -2.60. The van der Waals surface area contributed by atoms with Gasteiger partial charge in [0.05, 0.1) is 19.6 Å². The van der Waals surface area contributed by atoms with Crippen LogP contribution < -0.4 is 4.74 Å². The maximum absolute atomic E-state index is 13.3. The van der Waals surface area contributed by atoms with Gasteiger partial charge in [-0.25, -0.2) is 4.63 Å². The van der Waals surface area contributed by atoms with E-state index >= 15 is 0 Å². The van der Waals surface area contributed by atoms with E-state index in [-0.39, 0.29) is 12.3 Å². The summed E-state index contributed by atoms with van der Waals surface area (Å²) >= 11 is 0. The summed E-state index contributed by atoms with van der Waals surface area (Å²) < 4.78 is 10.1. The van der Waals surface area contributed by atoms with Gasteiger partial charge < -0.3 is 9.64 Å². The van der Waals surface area contributed by atoms with Gasteiger partial charge >= 0.3 is 0 Å². The van der Waals surface area contributed by atoms with Gasteiger partial charge in [-0.2, -0.15) is 0 Å². The fourth-order valence-electron chi connectivity index (χ4n) is 5.50. The number of aryl methyl sites for hydroxylation is 1. The van der Waals surface area contributed by atoms with Crippen LogP contribution in [0.1, 0.15) is 35.7 Å². The van der Waals surface area contributed by atoms with E-state index in [4.69, 9.17) is 9.37 Å². The van der Waals surface area contributed by atoms with Crippen LogP contribution in [-0.2, 0) is 11.2 Å². The van der Waals surface area contributed by atoms with Gasteiger partial charge in [0.1, 0.15) is 17.1 Å². The Bertz CT molecular complexity index is 857. The topological polar surface area (TPSA) is 71.7 Å². The van der Waals surface area contributed by atoms with E-state index in [2.05, 4.69) is 32.2 Å². The van der Waals surface area contributed by atoms with Crippen molar-refractivity contribution in [3.63, 3.8) is 0 Å². The summed E-state index contributed by atoms with van der Waals surface area (Å²) in [5.41, 5.74) is 2.64. The number of aromatic nitrogens is 2. The van der Waals surface area contributed by atoms with Crippen molar-refractivity contribution in [2.45, 2.75) is 44.2 Å². The summed E-state index contributed by atoms with van der Waals surface area (Å²) in [4.78, 5) is 18.0. The smallest absolute Gasteiger partial charge is 0.229 e. The molecule has 4 aliphatic rings. The molecule has 0 N–H and O–H groups in total. The molecule has 4 saturated heterocycles. The van der Waals surface area contributed by atoms with Crippen LogP contribution in [0, 0.1) is 12.8 Å². The molecule has 0 unspecified atom stereocenters. The molecule has 1 aromatic heterocycles. The fourth-order valence-corrected chi connectivity index (χ4v) is 5.50. The standard InChI is InChI=1S/C21H26N4O3/c1-13-18(23-28-22-13)11-19(26)25-12-17(14-3-5-16(27-2)6-4-14)21-20(25)15-7-9-24(21)10-8-15/h3-6,15,17,20-21H,7-12H2,1-2H3/t17-,20+,21+/m0/s1. The summed E-state index contributed by atoms with van der Waals surface area (Å²) in [7, 11) is 1.69. The van der Waals surface area contributed by atoms with Gasteiger partial charge in [-0.3, -0.25) is 9.69 Å². The molecule has 4 fully saturated rings. The Labute approximate surface area is 164 Å². The quantitative estimate of drug-likeness (QED) is 0.806. The first kappa shape index (κ1) is 17.7. The molecule has 7 heteroatoms. The lowest BCUT2D eigenvalue weighted by Gasteiger charge is -2.51. The summed E-state index contributed by atoms with van der Waals surface area (Å²) in [6, 6.07) is 9.06. The summed E-state index contributed by atoms with van der Waals surface area (Å²) in [6.07, 6.45) is 2.64.